The second kappa shape index (κ2) is 5.92. The van der Waals surface area contributed by atoms with Crippen LogP contribution in [0.4, 0.5) is 11.4 Å². The summed E-state index contributed by atoms with van der Waals surface area (Å²) in [6.07, 6.45) is 2.87. The van der Waals surface area contributed by atoms with E-state index in [4.69, 9.17) is 10.5 Å². The van der Waals surface area contributed by atoms with Gasteiger partial charge in [0.15, 0.2) is 0 Å². The highest BCUT2D eigenvalue weighted by Gasteiger charge is 2.27. The third-order valence-electron chi connectivity index (χ3n) is 4.27. The molecule has 4 heteroatoms. The Balaban J connectivity index is 1.63. The van der Waals surface area contributed by atoms with E-state index in [1.807, 2.05) is 19.1 Å². The van der Waals surface area contributed by atoms with Crippen LogP contribution in [-0.2, 0) is 0 Å². The van der Waals surface area contributed by atoms with Gasteiger partial charge in [-0.15, -0.1) is 0 Å². The molecule has 2 N–H and O–H groups in total. The minimum Gasteiger partial charge on any atom is -0.492 e. The number of hydrogen-bond donors (Lipinski definition) is 1. The Morgan fingerprint density at radius 3 is 2.60 bits per heavy atom. The average Bonchev–Trinajstić information content (AvgIpc) is 3.27. The number of para-hydroxylation sites is 1. The predicted octanol–water partition coefficient (Wildman–Crippen LogP) is 2.20. The molecule has 110 valence electrons. The number of ether oxygens (including phenoxy) is 1. The van der Waals surface area contributed by atoms with Crippen molar-refractivity contribution in [3.05, 3.63) is 18.2 Å². The van der Waals surface area contributed by atoms with Gasteiger partial charge in [-0.05, 0) is 37.8 Å². The summed E-state index contributed by atoms with van der Waals surface area (Å²) in [5.41, 5.74) is 8.15. The molecule has 0 unspecified atom stereocenters. The number of nitrogens with two attached hydrogens (primary N) is 1. The zero-order chi connectivity index (χ0) is 13.9. The molecule has 0 aromatic heterocycles. The van der Waals surface area contributed by atoms with Crippen LogP contribution in [0, 0.1) is 5.92 Å². The van der Waals surface area contributed by atoms with Crippen LogP contribution >= 0.6 is 0 Å². The molecule has 3 rings (SSSR count). The van der Waals surface area contributed by atoms with E-state index in [2.05, 4.69) is 15.9 Å². The Hall–Kier alpha value is -1.42. The van der Waals surface area contributed by atoms with Gasteiger partial charge in [0, 0.05) is 32.7 Å². The average molecular weight is 275 g/mol. The smallest absolute Gasteiger partial charge is 0.144 e. The quantitative estimate of drug-likeness (QED) is 0.837. The van der Waals surface area contributed by atoms with Gasteiger partial charge in [-0.2, -0.15) is 0 Å². The van der Waals surface area contributed by atoms with Gasteiger partial charge in [-0.25, -0.2) is 0 Å². The summed E-state index contributed by atoms with van der Waals surface area (Å²) in [6.45, 7) is 8.36. The fraction of sp³-hybridized carbons (Fsp3) is 0.625. The molecule has 4 nitrogen and oxygen atoms in total. The molecule has 1 aliphatic carbocycles. The summed E-state index contributed by atoms with van der Waals surface area (Å²) in [5.74, 6) is 1.79. The standard InChI is InChI=1S/C16H25N3O/c1-2-20-15-5-3-4-14(16(15)17)19-10-8-18(9-11-19)12-13-6-7-13/h3-5,13H,2,6-12,17H2,1H3. The molecule has 20 heavy (non-hydrogen) atoms. The highest BCUT2D eigenvalue weighted by atomic mass is 16.5. The van der Waals surface area contributed by atoms with Crippen molar-refractivity contribution in [1.82, 2.24) is 4.90 Å². The Labute approximate surface area is 121 Å². The molecular weight excluding hydrogens is 250 g/mol. The Kier molecular flexibility index (Phi) is 4.01. The van der Waals surface area contributed by atoms with Crippen molar-refractivity contribution < 1.29 is 4.74 Å². The van der Waals surface area contributed by atoms with Crippen molar-refractivity contribution in [3.8, 4) is 5.75 Å². The van der Waals surface area contributed by atoms with Gasteiger partial charge in [-0.1, -0.05) is 6.07 Å². The first-order chi connectivity index (χ1) is 9.78. The zero-order valence-electron chi connectivity index (χ0n) is 12.3. The summed E-state index contributed by atoms with van der Waals surface area (Å²) in [7, 11) is 0. The van der Waals surface area contributed by atoms with E-state index in [0.717, 1.165) is 49.2 Å². The Morgan fingerprint density at radius 1 is 1.20 bits per heavy atom. The van der Waals surface area contributed by atoms with Crippen LogP contribution in [0.3, 0.4) is 0 Å². The number of rotatable bonds is 5. The van der Waals surface area contributed by atoms with Gasteiger partial charge in [0.2, 0.25) is 0 Å². The summed E-state index contributed by atoms with van der Waals surface area (Å²) < 4.78 is 5.59. The number of benzene rings is 1. The highest BCUT2D eigenvalue weighted by Crippen LogP contribution is 2.34. The molecule has 1 heterocycles. The van der Waals surface area contributed by atoms with Crippen LogP contribution in [0.2, 0.25) is 0 Å². The molecule has 1 aromatic carbocycles. The predicted molar refractivity (Wildman–Crippen MR) is 83.4 cm³/mol. The third-order valence-corrected chi connectivity index (χ3v) is 4.27. The van der Waals surface area contributed by atoms with E-state index >= 15 is 0 Å². The normalized spacial score (nSPS) is 20.1. The first-order valence-corrected chi connectivity index (χ1v) is 7.76. The van der Waals surface area contributed by atoms with Crippen molar-refractivity contribution in [2.24, 2.45) is 5.92 Å². The Bertz CT molecular complexity index is 451. The second-order valence-electron chi connectivity index (χ2n) is 5.85. The summed E-state index contributed by atoms with van der Waals surface area (Å²) in [4.78, 5) is 4.98. The molecule has 0 radical (unpaired) electrons. The van der Waals surface area contributed by atoms with Crippen LogP contribution in [0.15, 0.2) is 18.2 Å². The van der Waals surface area contributed by atoms with Crippen LogP contribution in [0.5, 0.6) is 5.75 Å². The van der Waals surface area contributed by atoms with E-state index in [9.17, 15) is 0 Å². The molecule has 0 amide bonds. The summed E-state index contributed by atoms with van der Waals surface area (Å²) in [5, 5.41) is 0. The molecular formula is C16H25N3O. The van der Waals surface area contributed by atoms with Crippen LogP contribution in [0.1, 0.15) is 19.8 Å². The topological polar surface area (TPSA) is 41.7 Å². The number of piperazine rings is 1. The maximum absolute atomic E-state index is 6.25. The molecule has 0 spiro atoms. The van der Waals surface area contributed by atoms with Crippen molar-refractivity contribution in [3.63, 3.8) is 0 Å². The molecule has 1 saturated carbocycles. The molecule has 0 bridgehead atoms. The monoisotopic (exact) mass is 275 g/mol. The SMILES string of the molecule is CCOc1cccc(N2CCN(CC3CC3)CC2)c1N. The molecule has 1 aromatic rings. The first-order valence-electron chi connectivity index (χ1n) is 7.76. The summed E-state index contributed by atoms with van der Waals surface area (Å²) >= 11 is 0. The molecule has 2 fully saturated rings. The van der Waals surface area contributed by atoms with Gasteiger partial charge in [0.05, 0.1) is 18.0 Å². The number of hydrogen-bond acceptors (Lipinski definition) is 4. The van der Waals surface area contributed by atoms with Gasteiger partial charge < -0.3 is 15.4 Å². The summed E-state index contributed by atoms with van der Waals surface area (Å²) in [6, 6.07) is 6.09. The van der Waals surface area contributed by atoms with E-state index < -0.39 is 0 Å². The molecule has 1 saturated heterocycles. The maximum atomic E-state index is 6.25. The van der Waals surface area contributed by atoms with Crippen molar-refractivity contribution in [2.75, 3.05) is 50.0 Å². The van der Waals surface area contributed by atoms with Crippen molar-refractivity contribution >= 4 is 11.4 Å². The fourth-order valence-electron chi connectivity index (χ4n) is 2.93. The van der Waals surface area contributed by atoms with Crippen LogP contribution < -0.4 is 15.4 Å². The van der Waals surface area contributed by atoms with Gasteiger partial charge in [-0.3, -0.25) is 4.90 Å². The maximum Gasteiger partial charge on any atom is 0.144 e. The van der Waals surface area contributed by atoms with E-state index in [0.29, 0.717) is 6.61 Å². The van der Waals surface area contributed by atoms with Gasteiger partial charge in [0.1, 0.15) is 5.75 Å². The molecule has 2 aliphatic rings. The molecule has 1 aliphatic heterocycles. The fourth-order valence-corrected chi connectivity index (χ4v) is 2.93. The lowest BCUT2D eigenvalue weighted by Gasteiger charge is -2.36. The highest BCUT2D eigenvalue weighted by molar-refractivity contribution is 5.74. The second-order valence-corrected chi connectivity index (χ2v) is 5.85. The lowest BCUT2D eigenvalue weighted by Crippen LogP contribution is -2.47. The lowest BCUT2D eigenvalue weighted by molar-refractivity contribution is 0.248. The third kappa shape index (κ3) is 3.01. The Morgan fingerprint density at radius 2 is 1.95 bits per heavy atom. The van der Waals surface area contributed by atoms with Gasteiger partial charge >= 0.3 is 0 Å². The number of nitrogens with zero attached hydrogens (tertiary/aromatic N) is 2. The van der Waals surface area contributed by atoms with E-state index in [1.165, 1.54) is 19.4 Å². The number of anilines is 2. The lowest BCUT2D eigenvalue weighted by atomic mass is 10.2. The van der Waals surface area contributed by atoms with Gasteiger partial charge in [0.25, 0.3) is 0 Å². The van der Waals surface area contributed by atoms with Crippen molar-refractivity contribution in [1.29, 1.82) is 0 Å². The minimum atomic E-state index is 0.656. The molecule has 0 atom stereocenters. The van der Waals surface area contributed by atoms with Crippen LogP contribution in [0.25, 0.3) is 0 Å². The zero-order valence-corrected chi connectivity index (χ0v) is 12.3. The van der Waals surface area contributed by atoms with E-state index in [-0.39, 0.29) is 0 Å². The van der Waals surface area contributed by atoms with Crippen LogP contribution in [-0.4, -0.2) is 44.2 Å². The minimum absolute atomic E-state index is 0.656. The number of nitrogen functional groups attached to an aromatic ring is 1. The van der Waals surface area contributed by atoms with Crippen molar-refractivity contribution in [2.45, 2.75) is 19.8 Å². The van der Waals surface area contributed by atoms with E-state index in [1.54, 1.807) is 0 Å². The largest absolute Gasteiger partial charge is 0.492 e. The first kappa shape index (κ1) is 13.6.